The van der Waals surface area contributed by atoms with E-state index in [9.17, 15) is 13.2 Å². The third-order valence-corrected chi connectivity index (χ3v) is 4.38. The molecule has 86 valence electrons. The molecule has 1 aromatic carbocycles. The predicted molar refractivity (Wildman–Crippen MR) is 59.4 cm³/mol. The third-order valence-electron chi connectivity index (χ3n) is 2.51. The predicted octanol–water partition coefficient (Wildman–Crippen LogP) is 0.911. The second kappa shape index (κ2) is 3.71. The van der Waals surface area contributed by atoms with Crippen molar-refractivity contribution in [3.63, 3.8) is 0 Å². The number of amides is 1. The molecule has 17 heavy (non-hydrogen) atoms. The van der Waals surface area contributed by atoms with Crippen LogP contribution in [0.1, 0.15) is 10.4 Å². The molecule has 1 aromatic rings. The molecular weight excluding hydrogens is 240 g/mol. The summed E-state index contributed by atoms with van der Waals surface area (Å²) in [6, 6.07) is 7.59. The van der Waals surface area contributed by atoms with Crippen LogP contribution in [-0.4, -0.2) is 26.3 Å². The molecule has 0 fully saturated rings. The zero-order valence-corrected chi connectivity index (χ0v) is 9.73. The number of hydrogen-bond acceptors (Lipinski definition) is 4. The van der Waals surface area contributed by atoms with Gasteiger partial charge in [-0.05, 0) is 12.1 Å². The molecule has 0 aliphatic carbocycles. The molecular formula is C11H8N2O3S. The van der Waals surface area contributed by atoms with Crippen molar-refractivity contribution in [2.24, 2.45) is 0 Å². The number of rotatable bonds is 0. The molecule has 0 saturated carbocycles. The van der Waals surface area contributed by atoms with Gasteiger partial charge >= 0.3 is 0 Å². The average molecular weight is 248 g/mol. The molecule has 1 aliphatic heterocycles. The summed E-state index contributed by atoms with van der Waals surface area (Å²) in [5.74, 6) is -0.433. The molecule has 0 bridgehead atoms. The smallest absolute Gasteiger partial charge is 0.259 e. The van der Waals surface area contributed by atoms with E-state index in [4.69, 9.17) is 5.26 Å². The number of nitrogens with zero attached hydrogens (tertiary/aromatic N) is 2. The molecule has 2 rings (SSSR count). The summed E-state index contributed by atoms with van der Waals surface area (Å²) in [4.78, 5) is 12.8. The van der Waals surface area contributed by atoms with Gasteiger partial charge in [0.05, 0.1) is 22.6 Å². The first-order valence-electron chi connectivity index (χ1n) is 4.72. The molecule has 0 unspecified atom stereocenters. The van der Waals surface area contributed by atoms with Gasteiger partial charge in [-0.2, -0.15) is 5.26 Å². The van der Waals surface area contributed by atoms with Crippen molar-refractivity contribution in [3.05, 3.63) is 40.9 Å². The summed E-state index contributed by atoms with van der Waals surface area (Å²) < 4.78 is 24.3. The maximum atomic E-state index is 12.1. The minimum Gasteiger partial charge on any atom is -0.301 e. The average Bonchev–Trinajstić information content (AvgIpc) is 2.32. The Labute approximate surface area is 98.5 Å². The van der Waals surface area contributed by atoms with Gasteiger partial charge in [-0.25, -0.2) is 8.42 Å². The van der Waals surface area contributed by atoms with Gasteiger partial charge < -0.3 is 4.90 Å². The van der Waals surface area contributed by atoms with Crippen LogP contribution in [0.3, 0.4) is 0 Å². The molecule has 1 heterocycles. The number of fused-ring (bicyclic) bond motifs is 1. The topological polar surface area (TPSA) is 78.2 Å². The van der Waals surface area contributed by atoms with Crippen LogP contribution < -0.4 is 0 Å². The zero-order chi connectivity index (χ0) is 12.6. The minimum absolute atomic E-state index is 0.0513. The summed E-state index contributed by atoms with van der Waals surface area (Å²) in [5, 5.41) is 8.29. The van der Waals surface area contributed by atoms with E-state index in [1.54, 1.807) is 18.2 Å². The number of hydrogen-bond donors (Lipinski definition) is 0. The Morgan fingerprint density at radius 3 is 2.65 bits per heavy atom. The van der Waals surface area contributed by atoms with Crippen molar-refractivity contribution in [2.75, 3.05) is 7.05 Å². The molecule has 1 amide bonds. The molecule has 6 heteroatoms. The Morgan fingerprint density at radius 2 is 2.00 bits per heavy atom. The first-order valence-corrected chi connectivity index (χ1v) is 6.20. The summed E-state index contributed by atoms with van der Waals surface area (Å²) >= 11 is 0. The highest BCUT2D eigenvalue weighted by Crippen LogP contribution is 2.31. The summed E-state index contributed by atoms with van der Waals surface area (Å²) in [6.07, 6.45) is 0.864. The van der Waals surface area contributed by atoms with E-state index in [1.165, 1.54) is 19.2 Å². The van der Waals surface area contributed by atoms with Crippen molar-refractivity contribution in [3.8, 4) is 6.07 Å². The van der Waals surface area contributed by atoms with Crippen LogP contribution in [0.5, 0.6) is 0 Å². The summed E-state index contributed by atoms with van der Waals surface area (Å²) in [7, 11) is -2.45. The molecule has 0 saturated heterocycles. The second-order valence-corrected chi connectivity index (χ2v) is 5.34. The zero-order valence-electron chi connectivity index (χ0n) is 8.91. The van der Waals surface area contributed by atoms with Crippen molar-refractivity contribution >= 4 is 15.7 Å². The van der Waals surface area contributed by atoms with Crippen molar-refractivity contribution < 1.29 is 13.2 Å². The summed E-state index contributed by atoms with van der Waals surface area (Å²) in [6.45, 7) is 0. The van der Waals surface area contributed by atoms with Gasteiger partial charge in [-0.15, -0.1) is 0 Å². The van der Waals surface area contributed by atoms with E-state index in [-0.39, 0.29) is 15.5 Å². The molecule has 0 radical (unpaired) electrons. The van der Waals surface area contributed by atoms with Gasteiger partial charge in [0.25, 0.3) is 5.91 Å². The molecule has 0 atom stereocenters. The van der Waals surface area contributed by atoms with E-state index >= 15 is 0 Å². The van der Waals surface area contributed by atoms with Gasteiger partial charge in [0.2, 0.25) is 9.84 Å². The fourth-order valence-corrected chi connectivity index (χ4v) is 3.26. The summed E-state index contributed by atoms with van der Waals surface area (Å²) in [5.41, 5.74) is 0.130. The van der Waals surface area contributed by atoms with Crippen LogP contribution in [0.25, 0.3) is 0 Å². The first kappa shape index (κ1) is 11.4. The van der Waals surface area contributed by atoms with E-state index in [0.717, 1.165) is 11.0 Å². The van der Waals surface area contributed by atoms with Crippen LogP contribution in [0, 0.1) is 11.3 Å². The van der Waals surface area contributed by atoms with E-state index in [2.05, 4.69) is 0 Å². The third kappa shape index (κ3) is 1.52. The Bertz CT molecular complexity index is 668. The minimum atomic E-state index is -3.78. The number of sulfone groups is 1. The Balaban J connectivity index is 2.83. The second-order valence-electron chi connectivity index (χ2n) is 3.48. The largest absolute Gasteiger partial charge is 0.301 e. The van der Waals surface area contributed by atoms with Crippen molar-refractivity contribution in [1.29, 1.82) is 5.26 Å². The van der Waals surface area contributed by atoms with Crippen LogP contribution in [-0.2, 0) is 9.84 Å². The number of benzene rings is 1. The maximum absolute atomic E-state index is 12.1. The lowest BCUT2D eigenvalue weighted by Gasteiger charge is -2.26. The first-order chi connectivity index (χ1) is 8.00. The van der Waals surface area contributed by atoms with Crippen LogP contribution >= 0.6 is 0 Å². The lowest BCUT2D eigenvalue weighted by atomic mass is 10.2. The van der Waals surface area contributed by atoms with Crippen LogP contribution in [0.4, 0.5) is 0 Å². The lowest BCUT2D eigenvalue weighted by molar-refractivity contribution is 0.0836. The Morgan fingerprint density at radius 1 is 1.35 bits per heavy atom. The van der Waals surface area contributed by atoms with Crippen molar-refractivity contribution in [2.45, 2.75) is 4.90 Å². The van der Waals surface area contributed by atoms with Gasteiger partial charge in [0, 0.05) is 7.05 Å². The standard InChI is InChI=1S/C11H8N2O3S/c1-13-10(6-7-12)17(15,16)9-5-3-2-4-8(9)11(13)14/h2-6H,1H3/b10-6+. The van der Waals surface area contributed by atoms with E-state index in [0.29, 0.717) is 0 Å². The van der Waals surface area contributed by atoms with Crippen molar-refractivity contribution in [1.82, 2.24) is 4.90 Å². The normalized spacial score (nSPS) is 19.9. The number of nitriles is 1. The molecule has 0 aromatic heterocycles. The highest BCUT2D eigenvalue weighted by molar-refractivity contribution is 7.95. The SMILES string of the molecule is CN1C(=O)c2ccccc2S(=O)(=O)/C1=C/C#N. The number of carbonyl (C=O) groups is 1. The monoisotopic (exact) mass is 248 g/mol. The molecule has 5 nitrogen and oxygen atoms in total. The highest BCUT2D eigenvalue weighted by atomic mass is 32.2. The number of allylic oxidation sites excluding steroid dienone is 1. The van der Waals surface area contributed by atoms with Crippen LogP contribution in [0.2, 0.25) is 0 Å². The van der Waals surface area contributed by atoms with Crippen LogP contribution in [0.15, 0.2) is 40.3 Å². The lowest BCUT2D eigenvalue weighted by Crippen LogP contribution is -2.36. The molecule has 0 N–H and O–H groups in total. The van der Waals surface area contributed by atoms with Gasteiger partial charge in [0.15, 0.2) is 5.03 Å². The maximum Gasteiger partial charge on any atom is 0.259 e. The fourth-order valence-electron chi connectivity index (χ4n) is 1.68. The Kier molecular flexibility index (Phi) is 2.48. The highest BCUT2D eigenvalue weighted by Gasteiger charge is 2.37. The molecule has 0 spiro atoms. The van der Waals surface area contributed by atoms with E-state index < -0.39 is 15.7 Å². The van der Waals surface area contributed by atoms with E-state index in [1.807, 2.05) is 0 Å². The number of carbonyl (C=O) groups excluding carboxylic acids is 1. The quantitative estimate of drug-likeness (QED) is 0.639. The van der Waals surface area contributed by atoms with Gasteiger partial charge in [-0.1, -0.05) is 12.1 Å². The van der Waals surface area contributed by atoms with Gasteiger partial charge in [0.1, 0.15) is 0 Å². The van der Waals surface area contributed by atoms with Gasteiger partial charge in [-0.3, -0.25) is 4.79 Å². The molecule has 1 aliphatic rings. The fraction of sp³-hybridized carbons (Fsp3) is 0.0909. The Hall–Kier alpha value is -2.13.